The standard InChI is InChI=1S/C21H21N7S3/c1-14(26-27-19(29)23-15-8-4-3-5-9-15)12-22-20-25-18(13-31-20)28-17-11-7-6-10-16(17)24-21(28)30-2/h3-11,13H,12H2,1-2H3,(H,22,25)(H2,23,27,29)/b26-14+. The third-order valence-corrected chi connectivity index (χ3v) is 5.93. The first-order valence-corrected chi connectivity index (χ1v) is 12.0. The van der Waals surface area contributed by atoms with Crippen molar-refractivity contribution in [3.05, 3.63) is 60.0 Å². The first-order chi connectivity index (χ1) is 15.1. The van der Waals surface area contributed by atoms with Crippen LogP contribution < -0.4 is 16.1 Å². The molecule has 2 heterocycles. The van der Waals surface area contributed by atoms with Crippen LogP contribution in [0.15, 0.2) is 70.2 Å². The van der Waals surface area contributed by atoms with Gasteiger partial charge in [0.2, 0.25) is 0 Å². The van der Waals surface area contributed by atoms with E-state index in [9.17, 15) is 0 Å². The second-order valence-corrected chi connectivity index (χ2v) is 8.61. The Morgan fingerprint density at radius 3 is 2.71 bits per heavy atom. The van der Waals surface area contributed by atoms with Crippen LogP contribution >= 0.6 is 35.3 Å². The van der Waals surface area contributed by atoms with Crippen LogP contribution in [-0.2, 0) is 0 Å². The predicted molar refractivity (Wildman–Crippen MR) is 136 cm³/mol. The first-order valence-electron chi connectivity index (χ1n) is 9.50. The Hall–Kier alpha value is -2.95. The third-order valence-electron chi connectivity index (χ3n) is 4.31. The Kier molecular flexibility index (Phi) is 6.80. The van der Waals surface area contributed by atoms with Crippen molar-refractivity contribution in [2.24, 2.45) is 5.10 Å². The van der Waals surface area contributed by atoms with Crippen LogP contribution in [0.5, 0.6) is 0 Å². The van der Waals surface area contributed by atoms with E-state index in [0.29, 0.717) is 11.7 Å². The van der Waals surface area contributed by atoms with Crippen LogP contribution in [0.1, 0.15) is 6.92 Å². The largest absolute Gasteiger partial charge is 0.356 e. The van der Waals surface area contributed by atoms with Gasteiger partial charge in [-0.25, -0.2) is 9.97 Å². The van der Waals surface area contributed by atoms with Crippen molar-refractivity contribution in [3.8, 4) is 5.82 Å². The lowest BCUT2D eigenvalue weighted by Crippen LogP contribution is -2.26. The molecule has 0 bridgehead atoms. The number of anilines is 2. The zero-order valence-corrected chi connectivity index (χ0v) is 19.4. The molecule has 0 aliphatic rings. The van der Waals surface area contributed by atoms with E-state index in [4.69, 9.17) is 17.2 Å². The topological polar surface area (TPSA) is 79.2 Å². The molecule has 0 aliphatic heterocycles. The van der Waals surface area contributed by atoms with Crippen molar-refractivity contribution in [1.29, 1.82) is 0 Å². The second kappa shape index (κ2) is 9.90. The normalized spacial score (nSPS) is 11.5. The minimum absolute atomic E-state index is 0.443. The summed E-state index contributed by atoms with van der Waals surface area (Å²) in [6, 6.07) is 17.8. The number of fused-ring (bicyclic) bond motifs is 1. The average molecular weight is 468 g/mol. The van der Waals surface area contributed by atoms with Crippen LogP contribution in [-0.4, -0.2) is 38.2 Å². The van der Waals surface area contributed by atoms with Crippen molar-refractivity contribution in [1.82, 2.24) is 20.0 Å². The summed E-state index contributed by atoms with van der Waals surface area (Å²) in [6.07, 6.45) is 2.02. The average Bonchev–Trinajstić information content (AvgIpc) is 3.40. The number of para-hydroxylation sites is 3. The number of thioether (sulfide) groups is 1. The van der Waals surface area contributed by atoms with E-state index in [2.05, 4.69) is 36.8 Å². The van der Waals surface area contributed by atoms with E-state index in [-0.39, 0.29) is 0 Å². The lowest BCUT2D eigenvalue weighted by molar-refractivity contribution is 0.897. The zero-order chi connectivity index (χ0) is 21.6. The number of thiocarbonyl (C=S) groups is 1. The van der Waals surface area contributed by atoms with Crippen molar-refractivity contribution in [2.45, 2.75) is 12.1 Å². The summed E-state index contributed by atoms with van der Waals surface area (Å²) < 4.78 is 2.08. The molecule has 0 saturated heterocycles. The number of rotatable bonds is 7. The molecule has 4 rings (SSSR count). The minimum atomic E-state index is 0.443. The number of hydrazone groups is 1. The molecule has 3 N–H and O–H groups in total. The number of thiazole rings is 1. The lowest BCUT2D eigenvalue weighted by Gasteiger charge is -2.08. The third kappa shape index (κ3) is 5.22. The van der Waals surface area contributed by atoms with Crippen LogP contribution in [0, 0.1) is 0 Å². The number of hydrogen-bond acceptors (Lipinski definition) is 7. The number of aromatic nitrogens is 3. The number of nitrogens with zero attached hydrogens (tertiary/aromatic N) is 4. The van der Waals surface area contributed by atoms with Crippen LogP contribution in [0.2, 0.25) is 0 Å². The van der Waals surface area contributed by atoms with Crippen LogP contribution in [0.25, 0.3) is 16.9 Å². The summed E-state index contributed by atoms with van der Waals surface area (Å²) in [6.45, 7) is 2.48. The van der Waals surface area contributed by atoms with Gasteiger partial charge in [0.15, 0.2) is 21.2 Å². The van der Waals surface area contributed by atoms with Crippen molar-refractivity contribution in [3.63, 3.8) is 0 Å². The fourth-order valence-corrected chi connectivity index (χ4v) is 4.29. The highest BCUT2D eigenvalue weighted by molar-refractivity contribution is 7.98. The SMILES string of the molecule is CSc1nc2ccccc2n1-c1csc(NC/C(C)=N/NC(=S)Nc2ccccc2)n1. The summed E-state index contributed by atoms with van der Waals surface area (Å²) in [7, 11) is 0. The second-order valence-electron chi connectivity index (χ2n) is 6.57. The lowest BCUT2D eigenvalue weighted by atomic mass is 10.3. The molecule has 7 nitrogen and oxygen atoms in total. The fraction of sp³-hybridized carbons (Fsp3) is 0.143. The minimum Gasteiger partial charge on any atom is -0.356 e. The maximum atomic E-state index is 5.27. The number of nitrogens with one attached hydrogen (secondary N) is 3. The van der Waals surface area contributed by atoms with Crippen molar-refractivity contribution < 1.29 is 0 Å². The van der Waals surface area contributed by atoms with Gasteiger partial charge >= 0.3 is 0 Å². The Balaban J connectivity index is 1.37. The Bertz CT molecular complexity index is 1210. The molecule has 31 heavy (non-hydrogen) atoms. The molecule has 0 radical (unpaired) electrons. The smallest absolute Gasteiger partial charge is 0.191 e. The van der Waals surface area contributed by atoms with Gasteiger partial charge in [-0.2, -0.15) is 5.10 Å². The molecule has 4 aromatic rings. The first kappa shape index (κ1) is 21.3. The van der Waals surface area contributed by atoms with Gasteiger partial charge in [-0.05, 0) is 49.7 Å². The molecule has 10 heteroatoms. The molecule has 0 spiro atoms. The quantitative estimate of drug-likeness (QED) is 0.153. The maximum absolute atomic E-state index is 5.27. The molecule has 0 atom stereocenters. The highest BCUT2D eigenvalue weighted by atomic mass is 32.2. The Morgan fingerprint density at radius 1 is 1.13 bits per heavy atom. The van der Waals surface area contributed by atoms with E-state index in [1.54, 1.807) is 23.1 Å². The molecule has 0 unspecified atom stereocenters. The fourth-order valence-electron chi connectivity index (χ4n) is 2.88. The van der Waals surface area contributed by atoms with Gasteiger partial charge in [0.25, 0.3) is 0 Å². The molecule has 0 fully saturated rings. The highest BCUT2D eigenvalue weighted by Crippen LogP contribution is 2.28. The van der Waals surface area contributed by atoms with Gasteiger partial charge in [-0.15, -0.1) is 11.3 Å². The van der Waals surface area contributed by atoms with Gasteiger partial charge < -0.3 is 10.6 Å². The maximum Gasteiger partial charge on any atom is 0.191 e. The molecule has 2 aromatic heterocycles. The Morgan fingerprint density at radius 2 is 1.90 bits per heavy atom. The predicted octanol–water partition coefficient (Wildman–Crippen LogP) is 4.98. The van der Waals surface area contributed by atoms with E-state index in [1.165, 1.54) is 0 Å². The molecule has 158 valence electrons. The molecule has 0 aliphatic carbocycles. The molecule has 2 aromatic carbocycles. The summed E-state index contributed by atoms with van der Waals surface area (Å²) >= 11 is 8.43. The van der Waals surface area contributed by atoms with Crippen LogP contribution in [0.3, 0.4) is 0 Å². The molecule has 0 amide bonds. The number of benzene rings is 2. The molecular weight excluding hydrogens is 446 g/mol. The van der Waals surface area contributed by atoms with E-state index in [1.807, 2.05) is 67.1 Å². The van der Waals surface area contributed by atoms with Crippen molar-refractivity contribution >= 4 is 68.0 Å². The van der Waals surface area contributed by atoms with Crippen LogP contribution in [0.4, 0.5) is 10.8 Å². The van der Waals surface area contributed by atoms with E-state index in [0.717, 1.165) is 38.5 Å². The summed E-state index contributed by atoms with van der Waals surface area (Å²) in [5.41, 5.74) is 6.64. The van der Waals surface area contributed by atoms with Gasteiger partial charge in [-0.3, -0.25) is 9.99 Å². The highest BCUT2D eigenvalue weighted by Gasteiger charge is 2.14. The Labute approximate surface area is 194 Å². The number of hydrogen-bond donors (Lipinski definition) is 3. The van der Waals surface area contributed by atoms with Gasteiger partial charge in [0, 0.05) is 11.1 Å². The summed E-state index contributed by atoms with van der Waals surface area (Å²) in [5.74, 6) is 0.853. The monoisotopic (exact) mass is 467 g/mol. The molecule has 0 saturated carbocycles. The van der Waals surface area contributed by atoms with E-state index < -0.39 is 0 Å². The molecular formula is C21H21N7S3. The summed E-state index contributed by atoms with van der Waals surface area (Å²) in [5, 5.41) is 14.9. The van der Waals surface area contributed by atoms with E-state index >= 15 is 0 Å². The zero-order valence-electron chi connectivity index (χ0n) is 17.0. The van der Waals surface area contributed by atoms with Gasteiger partial charge in [-0.1, -0.05) is 42.1 Å². The van der Waals surface area contributed by atoms with Gasteiger partial charge in [0.05, 0.1) is 23.3 Å². The summed E-state index contributed by atoms with van der Waals surface area (Å²) in [4.78, 5) is 9.42. The number of imidazole rings is 1. The van der Waals surface area contributed by atoms with Crippen molar-refractivity contribution in [2.75, 3.05) is 23.4 Å². The van der Waals surface area contributed by atoms with Gasteiger partial charge in [0.1, 0.15) is 0 Å².